The number of hydrogen-bond acceptors (Lipinski definition) is 2. The molecule has 2 aromatic rings. The molecule has 2 rings (SSSR count). The van der Waals surface area contributed by atoms with Crippen molar-refractivity contribution in [2.24, 2.45) is 5.73 Å². The Bertz CT molecular complexity index is 570. The predicted octanol–water partition coefficient (Wildman–Crippen LogP) is 3.96. The van der Waals surface area contributed by atoms with Crippen molar-refractivity contribution in [3.8, 4) is 0 Å². The van der Waals surface area contributed by atoms with Crippen LogP contribution in [0.3, 0.4) is 0 Å². The van der Waals surface area contributed by atoms with Crippen molar-refractivity contribution in [1.82, 2.24) is 4.90 Å². The van der Waals surface area contributed by atoms with E-state index in [1.165, 1.54) is 16.3 Å². The third kappa shape index (κ3) is 2.46. The van der Waals surface area contributed by atoms with E-state index >= 15 is 0 Å². The Morgan fingerprint density at radius 1 is 1.00 bits per heavy atom. The molecule has 1 atom stereocenters. The van der Waals surface area contributed by atoms with Crippen LogP contribution in [0.15, 0.2) is 42.5 Å². The molecule has 0 bridgehead atoms. The predicted molar refractivity (Wildman–Crippen MR) is 87.9 cm³/mol. The molecular weight excluding hydrogens is 244 g/mol. The van der Waals surface area contributed by atoms with Crippen LogP contribution in [0.25, 0.3) is 10.8 Å². The zero-order valence-corrected chi connectivity index (χ0v) is 13.1. The number of benzene rings is 2. The first kappa shape index (κ1) is 15.0. The van der Waals surface area contributed by atoms with Crippen LogP contribution < -0.4 is 5.73 Å². The molecule has 0 saturated heterocycles. The van der Waals surface area contributed by atoms with Crippen molar-refractivity contribution in [2.75, 3.05) is 14.1 Å². The smallest absolute Gasteiger partial charge is 0.0481 e. The number of nitrogens with two attached hydrogens (primary N) is 1. The maximum atomic E-state index is 6.65. The van der Waals surface area contributed by atoms with E-state index in [0.717, 1.165) is 12.8 Å². The second-order valence-corrected chi connectivity index (χ2v) is 5.79. The molecule has 0 aliphatic heterocycles. The number of rotatable bonds is 5. The lowest BCUT2D eigenvalue weighted by Crippen LogP contribution is -2.51. The topological polar surface area (TPSA) is 29.3 Å². The standard InChI is InChI=1S/C18H26N2/c1-5-18(6-2,20(3)4)17(19)16-12-11-14-9-7-8-10-15(14)13-16/h7-13,17H,5-6,19H2,1-4H3. The lowest BCUT2D eigenvalue weighted by Gasteiger charge is -2.43. The Balaban J connectivity index is 2.46. The maximum absolute atomic E-state index is 6.65. The summed E-state index contributed by atoms with van der Waals surface area (Å²) in [7, 11) is 4.27. The van der Waals surface area contributed by atoms with Gasteiger partial charge in [-0.05, 0) is 49.3 Å². The first-order valence-corrected chi connectivity index (χ1v) is 7.47. The summed E-state index contributed by atoms with van der Waals surface area (Å²) in [6.07, 6.45) is 2.09. The fraction of sp³-hybridized carbons (Fsp3) is 0.444. The minimum atomic E-state index is 0.0163. The van der Waals surface area contributed by atoms with Gasteiger partial charge in [0.15, 0.2) is 0 Å². The van der Waals surface area contributed by atoms with Crippen molar-refractivity contribution in [3.63, 3.8) is 0 Å². The van der Waals surface area contributed by atoms with Gasteiger partial charge in [-0.1, -0.05) is 50.2 Å². The monoisotopic (exact) mass is 270 g/mol. The Labute approximate surface area is 122 Å². The van der Waals surface area contributed by atoms with Crippen LogP contribution in [0.4, 0.5) is 0 Å². The molecule has 2 heteroatoms. The van der Waals surface area contributed by atoms with E-state index in [1.807, 2.05) is 0 Å². The highest BCUT2D eigenvalue weighted by molar-refractivity contribution is 5.83. The number of hydrogen-bond donors (Lipinski definition) is 1. The van der Waals surface area contributed by atoms with Crippen LogP contribution in [-0.2, 0) is 0 Å². The fourth-order valence-electron chi connectivity index (χ4n) is 3.31. The van der Waals surface area contributed by atoms with Gasteiger partial charge in [-0.2, -0.15) is 0 Å². The Morgan fingerprint density at radius 2 is 1.60 bits per heavy atom. The number of fused-ring (bicyclic) bond motifs is 1. The molecule has 0 spiro atoms. The molecule has 1 unspecified atom stereocenters. The van der Waals surface area contributed by atoms with Crippen molar-refractivity contribution >= 4 is 10.8 Å². The van der Waals surface area contributed by atoms with Gasteiger partial charge in [0.05, 0.1) is 0 Å². The van der Waals surface area contributed by atoms with E-state index in [0.29, 0.717) is 0 Å². The molecule has 108 valence electrons. The molecular formula is C18H26N2. The third-order valence-corrected chi connectivity index (χ3v) is 4.83. The van der Waals surface area contributed by atoms with Gasteiger partial charge in [-0.15, -0.1) is 0 Å². The Morgan fingerprint density at radius 3 is 2.15 bits per heavy atom. The zero-order chi connectivity index (χ0) is 14.8. The summed E-state index contributed by atoms with van der Waals surface area (Å²) in [6, 6.07) is 15.1. The molecule has 2 N–H and O–H groups in total. The van der Waals surface area contributed by atoms with E-state index in [4.69, 9.17) is 5.73 Å². The minimum Gasteiger partial charge on any atom is -0.322 e. The summed E-state index contributed by atoms with van der Waals surface area (Å²) >= 11 is 0. The lowest BCUT2D eigenvalue weighted by atomic mass is 9.80. The van der Waals surface area contributed by atoms with Crippen molar-refractivity contribution < 1.29 is 0 Å². The van der Waals surface area contributed by atoms with Crippen molar-refractivity contribution in [1.29, 1.82) is 0 Å². The summed E-state index contributed by atoms with van der Waals surface area (Å²) in [6.45, 7) is 4.45. The highest BCUT2D eigenvalue weighted by Gasteiger charge is 2.36. The molecule has 2 nitrogen and oxygen atoms in total. The van der Waals surface area contributed by atoms with Gasteiger partial charge in [0, 0.05) is 11.6 Å². The van der Waals surface area contributed by atoms with E-state index in [2.05, 4.69) is 75.3 Å². The molecule has 2 aromatic carbocycles. The van der Waals surface area contributed by atoms with Crippen molar-refractivity contribution in [2.45, 2.75) is 38.3 Å². The van der Waals surface area contributed by atoms with Crippen LogP contribution >= 0.6 is 0 Å². The lowest BCUT2D eigenvalue weighted by molar-refractivity contribution is 0.106. The Hall–Kier alpha value is -1.38. The highest BCUT2D eigenvalue weighted by Crippen LogP contribution is 2.35. The van der Waals surface area contributed by atoms with Crippen LogP contribution in [-0.4, -0.2) is 24.5 Å². The molecule has 20 heavy (non-hydrogen) atoms. The minimum absolute atomic E-state index is 0.0163. The SMILES string of the molecule is CCC(CC)(C(N)c1ccc2ccccc2c1)N(C)C. The van der Waals surface area contributed by atoms with Gasteiger partial charge in [0.1, 0.15) is 0 Å². The molecule has 0 radical (unpaired) electrons. The van der Waals surface area contributed by atoms with E-state index in [1.54, 1.807) is 0 Å². The average Bonchev–Trinajstić information content (AvgIpc) is 2.48. The maximum Gasteiger partial charge on any atom is 0.0481 e. The second kappa shape index (κ2) is 5.94. The summed E-state index contributed by atoms with van der Waals surface area (Å²) in [5.41, 5.74) is 7.89. The van der Waals surface area contributed by atoms with Gasteiger partial charge in [0.25, 0.3) is 0 Å². The van der Waals surface area contributed by atoms with Crippen molar-refractivity contribution in [3.05, 3.63) is 48.0 Å². The normalized spacial score (nSPS) is 13.9. The molecule has 0 fully saturated rings. The van der Waals surface area contributed by atoms with Gasteiger partial charge >= 0.3 is 0 Å². The molecule has 0 aliphatic rings. The first-order valence-electron chi connectivity index (χ1n) is 7.47. The summed E-state index contributed by atoms with van der Waals surface area (Å²) < 4.78 is 0. The third-order valence-electron chi connectivity index (χ3n) is 4.83. The first-order chi connectivity index (χ1) is 9.55. The molecule has 0 saturated carbocycles. The van der Waals surface area contributed by atoms with E-state index in [-0.39, 0.29) is 11.6 Å². The van der Waals surface area contributed by atoms with Crippen LogP contribution in [0.2, 0.25) is 0 Å². The van der Waals surface area contributed by atoms with Crippen LogP contribution in [0.5, 0.6) is 0 Å². The fourth-order valence-corrected chi connectivity index (χ4v) is 3.31. The molecule has 0 aromatic heterocycles. The second-order valence-electron chi connectivity index (χ2n) is 5.79. The molecule has 0 aliphatic carbocycles. The van der Waals surface area contributed by atoms with Gasteiger partial charge in [0.2, 0.25) is 0 Å². The van der Waals surface area contributed by atoms with E-state index < -0.39 is 0 Å². The summed E-state index contributed by atoms with van der Waals surface area (Å²) in [4.78, 5) is 2.28. The molecule has 0 heterocycles. The zero-order valence-electron chi connectivity index (χ0n) is 13.1. The summed E-state index contributed by atoms with van der Waals surface area (Å²) in [5, 5.41) is 2.53. The van der Waals surface area contributed by atoms with Crippen LogP contribution in [0, 0.1) is 0 Å². The average molecular weight is 270 g/mol. The van der Waals surface area contributed by atoms with Gasteiger partial charge < -0.3 is 10.6 Å². The largest absolute Gasteiger partial charge is 0.322 e. The highest BCUT2D eigenvalue weighted by atomic mass is 15.2. The van der Waals surface area contributed by atoms with E-state index in [9.17, 15) is 0 Å². The Kier molecular flexibility index (Phi) is 4.46. The quantitative estimate of drug-likeness (QED) is 0.891. The van der Waals surface area contributed by atoms with Crippen LogP contribution in [0.1, 0.15) is 38.3 Å². The molecule has 0 amide bonds. The van der Waals surface area contributed by atoms with Gasteiger partial charge in [-0.25, -0.2) is 0 Å². The number of nitrogens with zero attached hydrogens (tertiary/aromatic N) is 1. The van der Waals surface area contributed by atoms with Gasteiger partial charge in [-0.3, -0.25) is 0 Å². The number of likely N-dealkylation sites (N-methyl/N-ethyl adjacent to an activating group) is 1. The summed E-state index contributed by atoms with van der Waals surface area (Å²) in [5.74, 6) is 0.